The van der Waals surface area contributed by atoms with Crippen LogP contribution in [-0.4, -0.2) is 10.1 Å². The predicted molar refractivity (Wildman–Crippen MR) is 59.1 cm³/mol. The van der Waals surface area contributed by atoms with Gasteiger partial charge in [-0.05, 0) is 43.4 Å². The predicted octanol–water partition coefficient (Wildman–Crippen LogP) is 3.02. The van der Waals surface area contributed by atoms with Gasteiger partial charge in [-0.2, -0.15) is 4.98 Å². The monoisotopic (exact) mass is 218 g/mol. The summed E-state index contributed by atoms with van der Waals surface area (Å²) >= 11 is 0. The van der Waals surface area contributed by atoms with Crippen LogP contribution in [-0.2, 0) is 5.41 Å². The fourth-order valence-electron chi connectivity index (χ4n) is 3.66. The maximum absolute atomic E-state index is 5.47. The Morgan fingerprint density at radius 3 is 2.50 bits per heavy atom. The highest BCUT2D eigenvalue weighted by Gasteiger charge is 2.71. The summed E-state index contributed by atoms with van der Waals surface area (Å²) in [5.74, 6) is 3.33. The van der Waals surface area contributed by atoms with E-state index in [0.29, 0.717) is 16.7 Å². The van der Waals surface area contributed by atoms with Gasteiger partial charge in [-0.3, -0.25) is 0 Å². The molecule has 3 heteroatoms. The average molecular weight is 218 g/mol. The molecule has 4 aliphatic carbocycles. The van der Waals surface area contributed by atoms with Crippen molar-refractivity contribution in [3.63, 3.8) is 0 Å². The maximum Gasteiger partial charge on any atom is 0.232 e. The highest BCUT2D eigenvalue weighted by atomic mass is 16.5. The van der Waals surface area contributed by atoms with Gasteiger partial charge in [0.2, 0.25) is 5.89 Å². The maximum atomic E-state index is 5.47. The van der Waals surface area contributed by atoms with Crippen molar-refractivity contribution in [2.24, 2.45) is 11.3 Å². The summed E-state index contributed by atoms with van der Waals surface area (Å²) in [6.07, 6.45) is 6.35. The van der Waals surface area contributed by atoms with E-state index in [9.17, 15) is 0 Å². The van der Waals surface area contributed by atoms with E-state index in [0.717, 1.165) is 17.6 Å². The van der Waals surface area contributed by atoms with Gasteiger partial charge in [0.1, 0.15) is 0 Å². The number of nitrogens with zero attached hydrogens (tertiary/aromatic N) is 2. The van der Waals surface area contributed by atoms with Crippen LogP contribution in [0.4, 0.5) is 0 Å². The molecule has 0 atom stereocenters. The number of rotatable bonds is 3. The Morgan fingerprint density at radius 2 is 1.94 bits per heavy atom. The van der Waals surface area contributed by atoms with Gasteiger partial charge in [0.05, 0.1) is 5.41 Å². The summed E-state index contributed by atoms with van der Waals surface area (Å²) in [7, 11) is 0. The van der Waals surface area contributed by atoms with Crippen LogP contribution in [0.25, 0.3) is 0 Å². The Balaban J connectivity index is 1.55. The Hall–Kier alpha value is -0.860. The molecule has 0 amide bonds. The molecule has 0 spiro atoms. The molecule has 0 radical (unpaired) electrons. The van der Waals surface area contributed by atoms with Crippen molar-refractivity contribution in [1.29, 1.82) is 0 Å². The van der Waals surface area contributed by atoms with E-state index in [-0.39, 0.29) is 0 Å². The van der Waals surface area contributed by atoms with Crippen LogP contribution in [0, 0.1) is 11.3 Å². The minimum Gasteiger partial charge on any atom is -0.339 e. The standard InChI is InChI=1S/C13H18N2O/c1-8(2)12-5-13(6-12,7-12)11-14-10(15-16-11)9-3-4-9/h8-9H,3-7H2,1-2H3. The zero-order chi connectivity index (χ0) is 11.0. The molecule has 0 aliphatic heterocycles. The molecular weight excluding hydrogens is 200 g/mol. The van der Waals surface area contributed by atoms with Crippen molar-refractivity contribution in [3.8, 4) is 0 Å². The fourth-order valence-corrected chi connectivity index (χ4v) is 3.66. The topological polar surface area (TPSA) is 38.9 Å². The first-order valence-corrected chi connectivity index (χ1v) is 6.48. The Bertz CT molecular complexity index is 425. The quantitative estimate of drug-likeness (QED) is 0.782. The molecule has 1 heterocycles. The zero-order valence-electron chi connectivity index (χ0n) is 9.99. The number of aromatic nitrogens is 2. The van der Waals surface area contributed by atoms with E-state index in [2.05, 4.69) is 24.0 Å². The average Bonchev–Trinajstić information content (AvgIpc) is 2.82. The van der Waals surface area contributed by atoms with E-state index in [1.165, 1.54) is 32.1 Å². The Morgan fingerprint density at radius 1 is 1.25 bits per heavy atom. The number of hydrogen-bond acceptors (Lipinski definition) is 3. The van der Waals surface area contributed by atoms with Crippen molar-refractivity contribution in [3.05, 3.63) is 11.7 Å². The van der Waals surface area contributed by atoms with Gasteiger partial charge >= 0.3 is 0 Å². The van der Waals surface area contributed by atoms with Gasteiger partial charge < -0.3 is 4.52 Å². The third kappa shape index (κ3) is 0.950. The first-order chi connectivity index (χ1) is 7.64. The number of hydrogen-bond donors (Lipinski definition) is 0. The van der Waals surface area contributed by atoms with E-state index < -0.39 is 0 Å². The summed E-state index contributed by atoms with van der Waals surface area (Å²) in [6.45, 7) is 4.68. The minimum absolute atomic E-state index is 0.296. The first kappa shape index (κ1) is 9.20. The molecule has 1 aromatic heterocycles. The normalized spacial score (nSPS) is 40.7. The Kier molecular flexibility index (Phi) is 1.45. The zero-order valence-corrected chi connectivity index (χ0v) is 9.99. The molecule has 3 nitrogen and oxygen atoms in total. The van der Waals surface area contributed by atoms with Crippen molar-refractivity contribution in [2.45, 2.75) is 57.3 Å². The second kappa shape index (κ2) is 2.52. The lowest BCUT2D eigenvalue weighted by atomic mass is 9.32. The van der Waals surface area contributed by atoms with E-state index in [1.807, 2.05) is 0 Å². The van der Waals surface area contributed by atoms with E-state index in [4.69, 9.17) is 4.52 Å². The molecule has 4 saturated carbocycles. The molecule has 4 fully saturated rings. The van der Waals surface area contributed by atoms with Gasteiger partial charge in [0, 0.05) is 5.92 Å². The molecule has 0 N–H and O–H groups in total. The van der Waals surface area contributed by atoms with Crippen LogP contribution in [0.3, 0.4) is 0 Å². The van der Waals surface area contributed by atoms with Gasteiger partial charge in [0.25, 0.3) is 0 Å². The molecule has 5 rings (SSSR count). The smallest absolute Gasteiger partial charge is 0.232 e. The molecular formula is C13H18N2O. The van der Waals surface area contributed by atoms with Crippen molar-refractivity contribution >= 4 is 0 Å². The van der Waals surface area contributed by atoms with Crippen molar-refractivity contribution in [1.82, 2.24) is 10.1 Å². The van der Waals surface area contributed by atoms with Gasteiger partial charge in [-0.15, -0.1) is 0 Å². The summed E-state index contributed by atoms with van der Waals surface area (Å²) in [6, 6.07) is 0. The van der Waals surface area contributed by atoms with Gasteiger partial charge in [-0.1, -0.05) is 19.0 Å². The summed E-state index contributed by atoms with van der Waals surface area (Å²) in [4.78, 5) is 4.62. The second-order valence-electron chi connectivity index (χ2n) is 6.56. The molecule has 86 valence electrons. The van der Waals surface area contributed by atoms with Crippen LogP contribution < -0.4 is 0 Å². The third-order valence-electron chi connectivity index (χ3n) is 5.13. The molecule has 16 heavy (non-hydrogen) atoms. The van der Waals surface area contributed by atoms with Gasteiger partial charge in [0.15, 0.2) is 5.82 Å². The van der Waals surface area contributed by atoms with Crippen LogP contribution in [0.5, 0.6) is 0 Å². The van der Waals surface area contributed by atoms with Crippen molar-refractivity contribution < 1.29 is 4.52 Å². The molecule has 1 aromatic rings. The lowest BCUT2D eigenvalue weighted by molar-refractivity contribution is -0.185. The lowest BCUT2D eigenvalue weighted by Gasteiger charge is -2.71. The van der Waals surface area contributed by atoms with Crippen LogP contribution in [0.2, 0.25) is 0 Å². The molecule has 0 unspecified atom stereocenters. The van der Waals surface area contributed by atoms with E-state index in [1.54, 1.807) is 0 Å². The SMILES string of the molecule is CC(C)C12CC(c3nc(C4CC4)no3)(C1)C2. The van der Waals surface area contributed by atoms with Gasteiger partial charge in [-0.25, -0.2) is 0 Å². The minimum atomic E-state index is 0.296. The lowest BCUT2D eigenvalue weighted by Crippen LogP contribution is -2.66. The van der Waals surface area contributed by atoms with Crippen LogP contribution in [0.15, 0.2) is 4.52 Å². The first-order valence-electron chi connectivity index (χ1n) is 6.48. The molecule has 0 saturated heterocycles. The third-order valence-corrected chi connectivity index (χ3v) is 5.13. The largest absolute Gasteiger partial charge is 0.339 e. The summed E-state index contributed by atoms with van der Waals surface area (Å²) < 4.78 is 5.47. The molecule has 0 aromatic carbocycles. The fraction of sp³-hybridized carbons (Fsp3) is 0.846. The van der Waals surface area contributed by atoms with Crippen LogP contribution in [0.1, 0.15) is 63.6 Å². The van der Waals surface area contributed by atoms with Crippen molar-refractivity contribution in [2.75, 3.05) is 0 Å². The highest BCUT2D eigenvalue weighted by molar-refractivity contribution is 5.30. The highest BCUT2D eigenvalue weighted by Crippen LogP contribution is 2.76. The van der Waals surface area contributed by atoms with E-state index >= 15 is 0 Å². The summed E-state index contributed by atoms with van der Waals surface area (Å²) in [5, 5.41) is 4.13. The summed E-state index contributed by atoms with van der Waals surface area (Å²) in [5.41, 5.74) is 0.915. The molecule has 4 aliphatic rings. The second-order valence-corrected chi connectivity index (χ2v) is 6.56. The molecule has 2 bridgehead atoms. The Labute approximate surface area is 95.6 Å². The van der Waals surface area contributed by atoms with Crippen LogP contribution >= 0.6 is 0 Å².